The van der Waals surface area contributed by atoms with Crippen LogP contribution in [0.4, 0.5) is 5.69 Å². The van der Waals surface area contributed by atoms with E-state index in [1.165, 1.54) is 23.3 Å². The Morgan fingerprint density at radius 2 is 1.69 bits per heavy atom. The van der Waals surface area contributed by atoms with Gasteiger partial charge >= 0.3 is 5.97 Å². The second-order valence-corrected chi connectivity index (χ2v) is 9.43. The van der Waals surface area contributed by atoms with E-state index in [4.69, 9.17) is 9.47 Å². The first-order valence-electron chi connectivity index (χ1n) is 11.1. The summed E-state index contributed by atoms with van der Waals surface area (Å²) in [6.45, 7) is 4.20. The molecule has 0 saturated carbocycles. The number of thiophene rings is 1. The zero-order valence-electron chi connectivity index (χ0n) is 19.6. The lowest BCUT2D eigenvalue weighted by molar-refractivity contribution is -0.132. The van der Waals surface area contributed by atoms with Gasteiger partial charge in [-0.15, -0.1) is 11.3 Å². The molecule has 0 spiro atoms. The van der Waals surface area contributed by atoms with E-state index in [1.54, 1.807) is 48.5 Å². The van der Waals surface area contributed by atoms with Gasteiger partial charge < -0.3 is 14.6 Å². The molecule has 1 aliphatic heterocycles. The number of rotatable bonds is 7. The number of amides is 1. The van der Waals surface area contributed by atoms with Crippen molar-refractivity contribution < 1.29 is 29.0 Å². The van der Waals surface area contributed by atoms with Gasteiger partial charge in [0.2, 0.25) is 0 Å². The predicted octanol–water partition coefficient (Wildman–Crippen LogP) is 5.20. The fraction of sp³-hybridized carbons (Fsp3) is 0.222. The molecule has 180 valence electrons. The van der Waals surface area contributed by atoms with Crippen molar-refractivity contribution >= 4 is 40.4 Å². The third kappa shape index (κ3) is 4.83. The minimum absolute atomic E-state index is 0.00281. The number of nitrogens with zero attached hydrogens (tertiary/aromatic N) is 1. The maximum atomic E-state index is 13.2. The Morgan fingerprint density at radius 1 is 1.03 bits per heavy atom. The summed E-state index contributed by atoms with van der Waals surface area (Å²) in [5.41, 5.74) is 1.17. The monoisotopic (exact) mass is 491 g/mol. The number of methoxy groups -OCH3 is 1. The second-order valence-electron chi connectivity index (χ2n) is 8.45. The molecular weight excluding hydrogens is 466 g/mol. The standard InChI is InChI=1S/C27H25NO6S/c1-16(2)15-34-27(32)18-6-10-19(11-7-18)28-23(21-5-4-14-35-21)22(25(30)26(28)31)24(29)17-8-12-20(33-3)13-9-17/h4-14,16,23,29H,15H2,1-3H3/b24-22-. The number of hydrogen-bond acceptors (Lipinski definition) is 7. The highest BCUT2D eigenvalue weighted by atomic mass is 32.1. The Hall–Kier alpha value is -3.91. The summed E-state index contributed by atoms with van der Waals surface area (Å²) in [6, 6.07) is 15.7. The van der Waals surface area contributed by atoms with Crippen LogP contribution in [0.1, 0.15) is 40.7 Å². The molecule has 7 nitrogen and oxygen atoms in total. The molecule has 0 bridgehead atoms. The molecular formula is C27H25NO6S. The predicted molar refractivity (Wildman–Crippen MR) is 134 cm³/mol. The Kier molecular flexibility index (Phi) is 7.02. The summed E-state index contributed by atoms with van der Waals surface area (Å²) in [5, 5.41) is 13.0. The van der Waals surface area contributed by atoms with Crippen molar-refractivity contribution in [3.05, 3.63) is 87.6 Å². The first-order valence-corrected chi connectivity index (χ1v) is 12.0. The minimum Gasteiger partial charge on any atom is -0.507 e. The van der Waals surface area contributed by atoms with E-state index in [2.05, 4.69) is 0 Å². The fourth-order valence-corrected chi connectivity index (χ4v) is 4.63. The zero-order valence-corrected chi connectivity index (χ0v) is 20.4. The summed E-state index contributed by atoms with van der Waals surface area (Å²) in [4.78, 5) is 40.7. The van der Waals surface area contributed by atoms with Crippen molar-refractivity contribution in [2.24, 2.45) is 5.92 Å². The number of ketones is 1. The summed E-state index contributed by atoms with van der Waals surface area (Å²) in [6.07, 6.45) is 0. The number of aliphatic hydroxyl groups is 1. The summed E-state index contributed by atoms with van der Waals surface area (Å²) in [5.74, 6) is -1.45. The van der Waals surface area contributed by atoms with Gasteiger partial charge in [0, 0.05) is 16.1 Å². The Labute approximate surface area is 207 Å². The third-order valence-corrected chi connectivity index (χ3v) is 6.47. The van der Waals surface area contributed by atoms with E-state index in [0.29, 0.717) is 29.2 Å². The second kappa shape index (κ2) is 10.1. The molecule has 1 N–H and O–H groups in total. The Bertz CT molecular complexity index is 1260. The number of aliphatic hydroxyl groups excluding tert-OH is 1. The van der Waals surface area contributed by atoms with Gasteiger partial charge in [0.15, 0.2) is 0 Å². The van der Waals surface area contributed by atoms with Gasteiger partial charge in [-0.05, 0) is 65.9 Å². The van der Waals surface area contributed by atoms with E-state index in [0.717, 1.165) is 4.88 Å². The molecule has 2 aromatic carbocycles. The van der Waals surface area contributed by atoms with Crippen LogP contribution in [0.25, 0.3) is 5.76 Å². The summed E-state index contributed by atoms with van der Waals surface area (Å²) < 4.78 is 10.4. The SMILES string of the molecule is COc1ccc(/C(O)=C2/C(=O)C(=O)N(c3ccc(C(=O)OCC(C)C)cc3)C2c2cccs2)cc1. The molecule has 35 heavy (non-hydrogen) atoms. The number of anilines is 1. The molecule has 0 aliphatic carbocycles. The summed E-state index contributed by atoms with van der Waals surface area (Å²) in [7, 11) is 1.53. The highest BCUT2D eigenvalue weighted by molar-refractivity contribution is 7.10. The van der Waals surface area contributed by atoms with Gasteiger partial charge in [0.05, 0.1) is 24.9 Å². The van der Waals surface area contributed by atoms with Gasteiger partial charge in [-0.2, -0.15) is 0 Å². The molecule has 4 rings (SSSR count). The number of hydrogen-bond donors (Lipinski definition) is 1. The number of Topliss-reactive ketones (excluding diaryl/α,β-unsaturated/α-hetero) is 1. The van der Waals surface area contributed by atoms with Crippen LogP contribution in [-0.4, -0.2) is 36.5 Å². The van der Waals surface area contributed by atoms with Crippen molar-refractivity contribution in [2.75, 3.05) is 18.6 Å². The molecule has 2 heterocycles. The van der Waals surface area contributed by atoms with Crippen LogP contribution in [-0.2, 0) is 14.3 Å². The van der Waals surface area contributed by atoms with Crippen molar-refractivity contribution in [3.8, 4) is 5.75 Å². The maximum absolute atomic E-state index is 13.2. The van der Waals surface area contributed by atoms with Gasteiger partial charge in [0.1, 0.15) is 17.6 Å². The van der Waals surface area contributed by atoms with Crippen LogP contribution in [0.2, 0.25) is 0 Å². The Morgan fingerprint density at radius 3 is 2.26 bits per heavy atom. The molecule has 1 atom stereocenters. The normalized spacial score (nSPS) is 17.1. The van der Waals surface area contributed by atoms with E-state index in [1.807, 2.05) is 31.4 Å². The largest absolute Gasteiger partial charge is 0.507 e. The van der Waals surface area contributed by atoms with E-state index >= 15 is 0 Å². The number of carbonyl (C=O) groups is 3. The van der Waals surface area contributed by atoms with E-state index < -0.39 is 23.7 Å². The lowest BCUT2D eigenvalue weighted by Gasteiger charge is -2.24. The molecule has 3 aromatic rings. The molecule has 1 unspecified atom stereocenters. The van der Waals surface area contributed by atoms with Crippen LogP contribution < -0.4 is 9.64 Å². The van der Waals surface area contributed by atoms with Gasteiger partial charge in [-0.1, -0.05) is 19.9 Å². The summed E-state index contributed by atoms with van der Waals surface area (Å²) >= 11 is 1.38. The minimum atomic E-state index is -0.809. The average Bonchev–Trinajstić information content (AvgIpc) is 3.49. The van der Waals surface area contributed by atoms with Crippen LogP contribution >= 0.6 is 11.3 Å². The van der Waals surface area contributed by atoms with Crippen molar-refractivity contribution in [1.82, 2.24) is 0 Å². The first-order chi connectivity index (χ1) is 16.8. The van der Waals surface area contributed by atoms with Crippen LogP contribution in [0, 0.1) is 5.92 Å². The number of esters is 1. The van der Waals surface area contributed by atoms with Crippen molar-refractivity contribution in [2.45, 2.75) is 19.9 Å². The lowest BCUT2D eigenvalue weighted by Crippen LogP contribution is -2.29. The van der Waals surface area contributed by atoms with Crippen molar-refractivity contribution in [3.63, 3.8) is 0 Å². The van der Waals surface area contributed by atoms with Gasteiger partial charge in [0.25, 0.3) is 11.7 Å². The highest BCUT2D eigenvalue weighted by Gasteiger charge is 2.47. The number of ether oxygens (including phenoxy) is 2. The zero-order chi connectivity index (χ0) is 25.1. The van der Waals surface area contributed by atoms with E-state index in [-0.39, 0.29) is 17.3 Å². The van der Waals surface area contributed by atoms with Crippen LogP contribution in [0.5, 0.6) is 5.75 Å². The third-order valence-electron chi connectivity index (χ3n) is 5.55. The topological polar surface area (TPSA) is 93.1 Å². The molecule has 1 amide bonds. The molecule has 8 heteroatoms. The lowest BCUT2D eigenvalue weighted by atomic mass is 9.99. The van der Waals surface area contributed by atoms with E-state index in [9.17, 15) is 19.5 Å². The quantitative estimate of drug-likeness (QED) is 0.211. The Balaban J connectivity index is 1.74. The van der Waals surface area contributed by atoms with Crippen LogP contribution in [0.3, 0.4) is 0 Å². The first kappa shape index (κ1) is 24.2. The molecule has 0 radical (unpaired) electrons. The molecule has 1 aliphatic rings. The van der Waals surface area contributed by atoms with Gasteiger partial charge in [-0.3, -0.25) is 14.5 Å². The molecule has 1 aromatic heterocycles. The average molecular weight is 492 g/mol. The molecule has 1 saturated heterocycles. The maximum Gasteiger partial charge on any atom is 0.338 e. The molecule has 1 fully saturated rings. The fourth-order valence-electron chi connectivity index (χ4n) is 3.80. The van der Waals surface area contributed by atoms with Crippen LogP contribution in [0.15, 0.2) is 71.6 Å². The number of benzene rings is 2. The van der Waals surface area contributed by atoms with Crippen molar-refractivity contribution in [1.29, 1.82) is 0 Å². The number of carbonyl (C=O) groups excluding carboxylic acids is 3. The smallest absolute Gasteiger partial charge is 0.338 e. The highest BCUT2D eigenvalue weighted by Crippen LogP contribution is 2.43. The van der Waals surface area contributed by atoms with Gasteiger partial charge in [-0.25, -0.2) is 4.79 Å².